The summed E-state index contributed by atoms with van der Waals surface area (Å²) >= 11 is 0. The maximum Gasteiger partial charge on any atom is 0.346 e. The minimum absolute atomic E-state index is 0.104. The maximum absolute atomic E-state index is 13.1. The van der Waals surface area contributed by atoms with E-state index in [0.717, 1.165) is 26.2 Å². The maximum atomic E-state index is 13.1. The number of rotatable bonds is 7. The number of benzene rings is 1. The van der Waals surface area contributed by atoms with Gasteiger partial charge in [0.25, 0.3) is 5.69 Å². The molecule has 0 aliphatic carbocycles. The van der Waals surface area contributed by atoms with Crippen molar-refractivity contribution in [3.8, 4) is 5.69 Å². The van der Waals surface area contributed by atoms with Gasteiger partial charge < -0.3 is 0 Å². The van der Waals surface area contributed by atoms with Crippen molar-refractivity contribution in [2.45, 2.75) is 13.0 Å². The summed E-state index contributed by atoms with van der Waals surface area (Å²) in [5.74, 6) is 0. The molecule has 2 aliphatic rings. The summed E-state index contributed by atoms with van der Waals surface area (Å²) in [5, 5.41) is 19.2. The zero-order chi connectivity index (χ0) is 17.6. The first kappa shape index (κ1) is 16.3. The molecule has 1 aromatic carbocycles. The molecule has 2 aliphatic heterocycles. The summed E-state index contributed by atoms with van der Waals surface area (Å²) in [5.41, 5.74) is 0.824. The van der Waals surface area contributed by atoms with Crippen LogP contribution in [0.25, 0.3) is 5.69 Å². The molecule has 0 radical (unpaired) electrons. The van der Waals surface area contributed by atoms with Crippen LogP contribution in [0.5, 0.6) is 0 Å². The summed E-state index contributed by atoms with van der Waals surface area (Å²) in [6, 6.07) is 4.62. The lowest BCUT2D eigenvalue weighted by atomic mass is 10.1. The first-order valence-electron chi connectivity index (χ1n) is 7.93. The van der Waals surface area contributed by atoms with Gasteiger partial charge in [0.15, 0.2) is 5.69 Å². The topological polar surface area (TPSA) is 106 Å². The van der Waals surface area contributed by atoms with Crippen molar-refractivity contribution < 1.29 is 14.0 Å². The molecule has 0 saturated carbocycles. The van der Waals surface area contributed by atoms with Crippen LogP contribution < -0.4 is 0 Å². The lowest BCUT2D eigenvalue weighted by Gasteiger charge is -2.24. The summed E-state index contributed by atoms with van der Waals surface area (Å²) < 4.78 is 22.7. The van der Waals surface area contributed by atoms with Gasteiger partial charge in [0.1, 0.15) is 0 Å². The second-order valence-electron chi connectivity index (χ2n) is 5.97. The normalized spacial score (nSPS) is 18.9. The Labute approximate surface area is 143 Å². The number of nitro groups is 1. The Morgan fingerprint density at radius 2 is 1.80 bits per heavy atom. The van der Waals surface area contributed by atoms with Crippen molar-refractivity contribution in [3.05, 3.63) is 46.3 Å². The molecule has 25 heavy (non-hydrogen) atoms. The second kappa shape index (κ2) is 5.99. The van der Waals surface area contributed by atoms with E-state index in [4.69, 9.17) is 4.52 Å². The molecule has 2 saturated heterocycles. The van der Waals surface area contributed by atoms with Crippen LogP contribution in [0.4, 0.5) is 5.69 Å². The molecule has 2 fully saturated rings. The van der Waals surface area contributed by atoms with Gasteiger partial charge in [-0.05, 0) is 24.6 Å². The lowest BCUT2D eigenvalue weighted by Crippen LogP contribution is -2.11. The predicted molar refractivity (Wildman–Crippen MR) is 88.3 cm³/mol. The number of aromatic nitrogens is 3. The fraction of sp³-hybridized carbons (Fsp3) is 0.429. The van der Waals surface area contributed by atoms with Gasteiger partial charge in [0.2, 0.25) is 0 Å². The molecule has 1 unspecified atom stereocenters. The van der Waals surface area contributed by atoms with Crippen molar-refractivity contribution >= 4 is 13.4 Å². The van der Waals surface area contributed by atoms with Crippen molar-refractivity contribution in [2.24, 2.45) is 0 Å². The average Bonchev–Trinajstić information content (AvgIpc) is 3.51. The van der Waals surface area contributed by atoms with Crippen LogP contribution >= 0.6 is 7.67 Å². The van der Waals surface area contributed by atoms with E-state index in [1.165, 1.54) is 23.3 Å². The van der Waals surface area contributed by atoms with Crippen LogP contribution in [0, 0.1) is 10.1 Å². The number of nitrogens with zero attached hydrogens (tertiary/aromatic N) is 6. The molecule has 0 bridgehead atoms. The molecule has 0 N–H and O–H groups in total. The van der Waals surface area contributed by atoms with E-state index in [0.29, 0.717) is 5.56 Å². The standard InChI is InChI=1S/C14H17N6O4P/c1-11(24-25(23,17-6-7-17)18-8-9-18)12-2-3-13(20(21)22)14(10-12)19-15-4-5-16-19/h2-5,10-11H,6-9H2,1H3. The Morgan fingerprint density at radius 1 is 1.20 bits per heavy atom. The van der Waals surface area contributed by atoms with Gasteiger partial charge in [-0.15, -0.1) is 4.80 Å². The van der Waals surface area contributed by atoms with E-state index < -0.39 is 18.7 Å². The largest absolute Gasteiger partial charge is 0.346 e. The van der Waals surface area contributed by atoms with Gasteiger partial charge in [0.05, 0.1) is 23.4 Å². The monoisotopic (exact) mass is 364 g/mol. The minimum Gasteiger partial charge on any atom is -0.298 e. The van der Waals surface area contributed by atoms with Gasteiger partial charge in [0, 0.05) is 32.2 Å². The van der Waals surface area contributed by atoms with Crippen molar-refractivity contribution in [1.82, 2.24) is 24.3 Å². The summed E-state index contributed by atoms with van der Waals surface area (Å²) in [6.45, 7) is 4.86. The second-order valence-corrected chi connectivity index (χ2v) is 8.29. The van der Waals surface area contributed by atoms with Gasteiger partial charge in [-0.1, -0.05) is 0 Å². The molecule has 3 heterocycles. The van der Waals surface area contributed by atoms with Gasteiger partial charge in [-0.25, -0.2) is 9.34 Å². The highest BCUT2D eigenvalue weighted by molar-refractivity contribution is 7.54. The zero-order valence-corrected chi connectivity index (χ0v) is 14.5. The molecule has 10 nitrogen and oxygen atoms in total. The highest BCUT2D eigenvalue weighted by Gasteiger charge is 2.50. The molecule has 1 atom stereocenters. The van der Waals surface area contributed by atoms with Crippen molar-refractivity contribution in [2.75, 3.05) is 26.2 Å². The first-order valence-corrected chi connectivity index (χ1v) is 9.46. The molecular formula is C14H17N6O4P. The quantitative estimate of drug-likeness (QED) is 0.318. The Balaban J connectivity index is 1.65. The SMILES string of the molecule is CC(OP(=O)(N1CC1)N1CC1)c1ccc([N+](=O)[O-])c(-n2nccn2)c1. The van der Waals surface area contributed by atoms with E-state index in [2.05, 4.69) is 10.2 Å². The summed E-state index contributed by atoms with van der Waals surface area (Å²) in [4.78, 5) is 12.0. The van der Waals surface area contributed by atoms with E-state index in [-0.39, 0.29) is 11.4 Å². The lowest BCUT2D eigenvalue weighted by molar-refractivity contribution is -0.384. The van der Waals surface area contributed by atoms with Gasteiger partial charge in [-0.3, -0.25) is 19.2 Å². The minimum atomic E-state index is -2.97. The molecule has 132 valence electrons. The molecule has 2 aromatic rings. The molecule has 0 amide bonds. The summed E-state index contributed by atoms with van der Waals surface area (Å²) in [7, 11) is -2.97. The van der Waals surface area contributed by atoms with Gasteiger partial charge in [-0.2, -0.15) is 10.2 Å². The zero-order valence-electron chi connectivity index (χ0n) is 13.6. The fourth-order valence-corrected chi connectivity index (χ4v) is 4.97. The van der Waals surface area contributed by atoms with Crippen molar-refractivity contribution in [3.63, 3.8) is 0 Å². The van der Waals surface area contributed by atoms with Crippen LogP contribution in [-0.4, -0.2) is 55.4 Å². The molecule has 0 spiro atoms. The predicted octanol–water partition coefficient (Wildman–Crippen LogP) is 1.99. The Kier molecular flexibility index (Phi) is 3.92. The smallest absolute Gasteiger partial charge is 0.298 e. The molecule has 11 heteroatoms. The number of hydrogen-bond donors (Lipinski definition) is 0. The Bertz CT molecular complexity index is 833. The van der Waals surface area contributed by atoms with E-state index in [1.54, 1.807) is 19.1 Å². The third-order valence-corrected chi connectivity index (χ3v) is 6.98. The molecular weight excluding hydrogens is 347 g/mol. The van der Waals surface area contributed by atoms with E-state index >= 15 is 0 Å². The Hall–Kier alpha value is -2.13. The number of nitro benzene ring substituents is 1. The van der Waals surface area contributed by atoms with Crippen LogP contribution in [0.2, 0.25) is 0 Å². The highest BCUT2D eigenvalue weighted by Crippen LogP contribution is 2.63. The third kappa shape index (κ3) is 3.09. The van der Waals surface area contributed by atoms with Crippen molar-refractivity contribution in [1.29, 1.82) is 0 Å². The van der Waals surface area contributed by atoms with Crippen LogP contribution in [0.3, 0.4) is 0 Å². The Morgan fingerprint density at radius 3 is 2.32 bits per heavy atom. The highest BCUT2D eigenvalue weighted by atomic mass is 31.2. The summed E-state index contributed by atoms with van der Waals surface area (Å²) in [6.07, 6.45) is 2.42. The van der Waals surface area contributed by atoms with Crippen LogP contribution in [0.1, 0.15) is 18.6 Å². The number of hydrogen-bond acceptors (Lipinski definition) is 6. The first-order chi connectivity index (χ1) is 12.0. The molecule has 4 rings (SSSR count). The molecule has 1 aromatic heterocycles. The van der Waals surface area contributed by atoms with E-state index in [1.807, 2.05) is 9.34 Å². The van der Waals surface area contributed by atoms with Crippen LogP contribution in [-0.2, 0) is 9.09 Å². The average molecular weight is 364 g/mol. The third-order valence-electron chi connectivity index (χ3n) is 4.16. The fourth-order valence-electron chi connectivity index (χ4n) is 2.62. The van der Waals surface area contributed by atoms with E-state index in [9.17, 15) is 14.7 Å². The van der Waals surface area contributed by atoms with Crippen LogP contribution in [0.15, 0.2) is 30.6 Å². The van der Waals surface area contributed by atoms with Gasteiger partial charge >= 0.3 is 7.67 Å².